The summed E-state index contributed by atoms with van der Waals surface area (Å²) in [4.78, 5) is 4.45. The number of rotatable bonds is 5. The van der Waals surface area contributed by atoms with Gasteiger partial charge in [-0.15, -0.1) is 0 Å². The van der Waals surface area contributed by atoms with E-state index < -0.39 is 0 Å². The quantitative estimate of drug-likeness (QED) is 0.401. The lowest BCUT2D eigenvalue weighted by molar-refractivity contribution is 1.51. The van der Waals surface area contributed by atoms with Crippen LogP contribution < -0.4 is 5.32 Å². The minimum absolute atomic E-state index is 0.661. The average molecular weight is 446 g/mol. The lowest BCUT2D eigenvalue weighted by Gasteiger charge is -2.11. The number of halogens is 3. The molecule has 0 atom stereocenters. The normalized spacial score (nSPS) is 11.7. The molecule has 0 aliphatic carbocycles. The number of allylic oxidation sites excluding steroid dienone is 1. The number of benzene rings is 3. The lowest BCUT2D eigenvalue weighted by atomic mass is 10.1. The average Bonchev–Trinajstić information content (AvgIpc) is 2.62. The van der Waals surface area contributed by atoms with Crippen LogP contribution in [0.1, 0.15) is 5.56 Å². The van der Waals surface area contributed by atoms with Crippen LogP contribution in [-0.2, 0) is 0 Å². The highest BCUT2D eigenvalue weighted by molar-refractivity contribution is 9.10. The molecule has 3 aromatic carbocycles. The van der Waals surface area contributed by atoms with Crippen LogP contribution in [0.5, 0.6) is 0 Å². The van der Waals surface area contributed by atoms with E-state index in [1.54, 1.807) is 6.21 Å². The summed E-state index contributed by atoms with van der Waals surface area (Å²) in [6.45, 7) is 0. The van der Waals surface area contributed by atoms with Gasteiger partial charge in [0.15, 0.2) is 0 Å². The Kier molecular flexibility index (Phi) is 6.51. The first-order valence-corrected chi connectivity index (χ1v) is 9.43. The summed E-state index contributed by atoms with van der Waals surface area (Å²) in [5.74, 6) is 0. The highest BCUT2D eigenvalue weighted by Crippen LogP contribution is 2.23. The molecule has 0 fully saturated rings. The largest absolute Gasteiger partial charge is 0.355 e. The number of hydrogen-bond acceptors (Lipinski definition) is 2. The zero-order chi connectivity index (χ0) is 18.4. The van der Waals surface area contributed by atoms with Crippen molar-refractivity contribution in [3.05, 3.63) is 99.0 Å². The van der Waals surface area contributed by atoms with Gasteiger partial charge in [0.25, 0.3) is 0 Å². The monoisotopic (exact) mass is 444 g/mol. The summed E-state index contributed by atoms with van der Waals surface area (Å²) in [6, 6.07) is 23.1. The van der Waals surface area contributed by atoms with Crippen LogP contribution in [0.3, 0.4) is 0 Å². The Labute approximate surface area is 171 Å². The molecule has 0 aromatic heterocycles. The summed E-state index contributed by atoms with van der Waals surface area (Å²) in [5, 5.41) is 4.74. The molecule has 0 unspecified atom stereocenters. The van der Waals surface area contributed by atoms with Gasteiger partial charge in [0.05, 0.1) is 5.69 Å². The predicted octanol–water partition coefficient (Wildman–Crippen LogP) is 7.61. The fourth-order valence-electron chi connectivity index (χ4n) is 2.32. The summed E-state index contributed by atoms with van der Waals surface area (Å²) >= 11 is 15.6. The zero-order valence-electron chi connectivity index (χ0n) is 13.7. The van der Waals surface area contributed by atoms with E-state index in [2.05, 4.69) is 26.2 Å². The summed E-state index contributed by atoms with van der Waals surface area (Å²) in [5.41, 5.74) is 3.64. The van der Waals surface area contributed by atoms with E-state index in [9.17, 15) is 0 Å². The third-order valence-corrected chi connectivity index (χ3v) is 4.53. The maximum absolute atomic E-state index is 6.09. The summed E-state index contributed by atoms with van der Waals surface area (Å²) in [6.07, 6.45) is 3.67. The first-order chi connectivity index (χ1) is 12.6. The predicted molar refractivity (Wildman–Crippen MR) is 117 cm³/mol. The molecule has 0 saturated heterocycles. The Morgan fingerprint density at radius 1 is 0.885 bits per heavy atom. The first kappa shape index (κ1) is 18.7. The molecule has 5 heteroatoms. The summed E-state index contributed by atoms with van der Waals surface area (Å²) in [7, 11) is 0. The Morgan fingerprint density at radius 2 is 1.58 bits per heavy atom. The van der Waals surface area contributed by atoms with Gasteiger partial charge in [-0.05, 0) is 60.2 Å². The second kappa shape index (κ2) is 9.04. The molecule has 2 nitrogen and oxygen atoms in total. The molecular weight excluding hydrogens is 431 g/mol. The third kappa shape index (κ3) is 5.46. The molecule has 1 N–H and O–H groups in total. The Bertz CT molecular complexity index is 950. The van der Waals surface area contributed by atoms with Crippen LogP contribution in [0.25, 0.3) is 5.70 Å². The smallest absolute Gasteiger partial charge is 0.0644 e. The van der Waals surface area contributed by atoms with Crippen molar-refractivity contribution >= 4 is 62.4 Å². The third-order valence-electron chi connectivity index (χ3n) is 3.53. The van der Waals surface area contributed by atoms with Crippen LogP contribution in [0.15, 0.2) is 88.3 Å². The van der Waals surface area contributed by atoms with E-state index >= 15 is 0 Å². The van der Waals surface area contributed by atoms with Crippen molar-refractivity contribution in [2.24, 2.45) is 4.99 Å². The second-order valence-electron chi connectivity index (χ2n) is 5.48. The number of anilines is 1. The van der Waals surface area contributed by atoms with E-state index in [0.717, 1.165) is 27.1 Å². The fraction of sp³-hybridized carbons (Fsp3) is 0. The van der Waals surface area contributed by atoms with Gasteiger partial charge in [-0.25, -0.2) is 0 Å². The molecule has 3 aromatic rings. The molecule has 0 saturated carbocycles. The first-order valence-electron chi connectivity index (χ1n) is 7.88. The molecule has 3 rings (SSSR count). The molecular formula is C21H15BrCl2N2. The van der Waals surface area contributed by atoms with Crippen LogP contribution in [0, 0.1) is 0 Å². The van der Waals surface area contributed by atoms with E-state index in [4.69, 9.17) is 23.2 Å². The molecule has 0 aliphatic rings. The van der Waals surface area contributed by atoms with E-state index in [-0.39, 0.29) is 0 Å². The molecule has 0 aliphatic heterocycles. The van der Waals surface area contributed by atoms with Crippen molar-refractivity contribution in [3.63, 3.8) is 0 Å². The van der Waals surface area contributed by atoms with Gasteiger partial charge in [-0.3, -0.25) is 4.99 Å². The topological polar surface area (TPSA) is 24.4 Å². The van der Waals surface area contributed by atoms with Gasteiger partial charge in [0.2, 0.25) is 0 Å². The number of nitrogens with one attached hydrogen (secondary N) is 1. The second-order valence-corrected chi connectivity index (χ2v) is 7.27. The van der Waals surface area contributed by atoms with Gasteiger partial charge < -0.3 is 5.32 Å². The number of nitrogens with zero attached hydrogens (tertiary/aromatic N) is 1. The number of hydrogen-bond donors (Lipinski definition) is 1. The van der Waals surface area contributed by atoms with E-state index in [1.807, 2.05) is 78.9 Å². The highest BCUT2D eigenvalue weighted by atomic mass is 79.9. The van der Waals surface area contributed by atoms with Crippen molar-refractivity contribution in [1.29, 1.82) is 0 Å². The van der Waals surface area contributed by atoms with Gasteiger partial charge >= 0.3 is 0 Å². The molecule has 0 heterocycles. The fourth-order valence-corrected chi connectivity index (χ4v) is 2.95. The molecule has 0 bridgehead atoms. The van der Waals surface area contributed by atoms with E-state index in [1.165, 1.54) is 0 Å². The SMILES string of the molecule is Clc1cccc(N=CC=C(Nc2cccc(Cl)c2)c2ccc(Br)cc2)c1. The van der Waals surface area contributed by atoms with Crippen molar-refractivity contribution in [3.8, 4) is 0 Å². The Balaban J connectivity index is 1.90. The maximum Gasteiger partial charge on any atom is 0.0644 e. The Hall–Kier alpha value is -2.07. The van der Waals surface area contributed by atoms with Gasteiger partial charge in [0.1, 0.15) is 0 Å². The van der Waals surface area contributed by atoms with Crippen molar-refractivity contribution < 1.29 is 0 Å². The van der Waals surface area contributed by atoms with Gasteiger partial charge in [-0.1, -0.05) is 63.4 Å². The highest BCUT2D eigenvalue weighted by Gasteiger charge is 2.03. The van der Waals surface area contributed by atoms with E-state index in [0.29, 0.717) is 10.0 Å². The molecule has 0 spiro atoms. The van der Waals surface area contributed by atoms with Gasteiger partial charge in [0, 0.05) is 32.1 Å². The van der Waals surface area contributed by atoms with Crippen LogP contribution in [0.4, 0.5) is 11.4 Å². The minimum Gasteiger partial charge on any atom is -0.355 e. The van der Waals surface area contributed by atoms with Crippen molar-refractivity contribution in [1.82, 2.24) is 0 Å². The molecule has 0 radical (unpaired) electrons. The standard InChI is InChI=1S/C21H15BrCl2N2/c22-16-9-7-15(8-10-16)21(26-20-6-2-4-18(24)14-20)11-12-25-19-5-1-3-17(23)13-19/h1-14,26H. The lowest BCUT2D eigenvalue weighted by Crippen LogP contribution is -1.99. The summed E-state index contributed by atoms with van der Waals surface area (Å²) < 4.78 is 1.02. The van der Waals surface area contributed by atoms with Crippen LogP contribution in [-0.4, -0.2) is 6.21 Å². The minimum atomic E-state index is 0.661. The maximum atomic E-state index is 6.09. The van der Waals surface area contributed by atoms with Crippen molar-refractivity contribution in [2.45, 2.75) is 0 Å². The Morgan fingerprint density at radius 3 is 2.27 bits per heavy atom. The molecule has 130 valence electrons. The zero-order valence-corrected chi connectivity index (χ0v) is 16.8. The molecule has 26 heavy (non-hydrogen) atoms. The van der Waals surface area contributed by atoms with Crippen LogP contribution in [0.2, 0.25) is 10.0 Å². The number of aliphatic imine (C=N–C) groups is 1. The van der Waals surface area contributed by atoms with Gasteiger partial charge in [-0.2, -0.15) is 0 Å². The van der Waals surface area contributed by atoms with Crippen LogP contribution >= 0.6 is 39.1 Å². The van der Waals surface area contributed by atoms with Crippen molar-refractivity contribution in [2.75, 3.05) is 5.32 Å². The molecule has 0 amide bonds.